The average Bonchev–Trinajstić information content (AvgIpc) is 2.62. The van der Waals surface area contributed by atoms with Crippen LogP contribution in [0.15, 0.2) is 94.2 Å². The molecule has 0 N–H and O–H groups in total. The summed E-state index contributed by atoms with van der Waals surface area (Å²) >= 11 is 7.88. The Bertz CT molecular complexity index is 800. The first-order chi connectivity index (χ1) is 11.8. The van der Waals surface area contributed by atoms with Crippen molar-refractivity contribution in [3.8, 4) is 5.75 Å². The maximum atomic E-state index is 6.36. The number of hydrogen-bond acceptors (Lipinski definition) is 2. The maximum Gasteiger partial charge on any atom is 0.120 e. The van der Waals surface area contributed by atoms with Crippen molar-refractivity contribution in [2.24, 2.45) is 0 Å². The van der Waals surface area contributed by atoms with E-state index in [2.05, 4.69) is 12.1 Å². The minimum Gasteiger partial charge on any atom is -0.489 e. The van der Waals surface area contributed by atoms with Crippen molar-refractivity contribution in [1.29, 1.82) is 0 Å². The Morgan fingerprint density at radius 2 is 1.58 bits per heavy atom. The van der Waals surface area contributed by atoms with Crippen LogP contribution in [0.3, 0.4) is 0 Å². The molecule has 120 valence electrons. The van der Waals surface area contributed by atoms with Gasteiger partial charge in [0.25, 0.3) is 0 Å². The quantitative estimate of drug-likeness (QED) is 0.462. The van der Waals surface area contributed by atoms with E-state index in [-0.39, 0.29) is 0 Å². The van der Waals surface area contributed by atoms with E-state index < -0.39 is 0 Å². The van der Waals surface area contributed by atoms with Gasteiger partial charge in [-0.25, -0.2) is 0 Å². The van der Waals surface area contributed by atoms with Crippen LogP contribution in [-0.2, 0) is 6.61 Å². The van der Waals surface area contributed by atoms with Crippen molar-refractivity contribution in [3.05, 3.63) is 100 Å². The summed E-state index contributed by atoms with van der Waals surface area (Å²) in [6.07, 6.45) is 1.96. The third-order valence-electron chi connectivity index (χ3n) is 3.35. The van der Waals surface area contributed by atoms with Crippen molar-refractivity contribution in [2.45, 2.75) is 11.5 Å². The standard InChI is InChI=1S/C21H17ClOS/c22-21(14-17-8-3-1-4-9-17)24-20-13-7-12-19(15-20)23-16-18-10-5-2-6-11-18/h1-15H,16H2. The zero-order valence-corrected chi connectivity index (χ0v) is 14.6. The lowest BCUT2D eigenvalue weighted by atomic mass is 10.2. The van der Waals surface area contributed by atoms with Gasteiger partial charge in [-0.15, -0.1) is 0 Å². The Morgan fingerprint density at radius 1 is 0.875 bits per heavy atom. The number of benzene rings is 3. The Hall–Kier alpha value is -2.16. The van der Waals surface area contributed by atoms with Crippen LogP contribution in [-0.4, -0.2) is 0 Å². The first kappa shape index (κ1) is 16.7. The minimum absolute atomic E-state index is 0.558. The van der Waals surface area contributed by atoms with Gasteiger partial charge in [0.15, 0.2) is 0 Å². The fraction of sp³-hybridized carbons (Fsp3) is 0.0476. The van der Waals surface area contributed by atoms with E-state index in [9.17, 15) is 0 Å². The first-order valence-electron chi connectivity index (χ1n) is 7.66. The largest absolute Gasteiger partial charge is 0.489 e. The number of ether oxygens (including phenoxy) is 1. The molecule has 0 saturated carbocycles. The normalized spacial score (nSPS) is 11.3. The predicted octanol–water partition coefficient (Wildman–Crippen LogP) is 6.60. The van der Waals surface area contributed by atoms with Gasteiger partial charge < -0.3 is 4.74 Å². The second-order valence-corrected chi connectivity index (χ2v) is 6.96. The highest BCUT2D eigenvalue weighted by Crippen LogP contribution is 2.33. The first-order valence-corrected chi connectivity index (χ1v) is 8.86. The molecule has 0 spiro atoms. The molecule has 0 aliphatic rings. The van der Waals surface area contributed by atoms with Crippen LogP contribution in [0, 0.1) is 0 Å². The molecule has 0 amide bonds. The topological polar surface area (TPSA) is 9.23 Å². The third kappa shape index (κ3) is 5.19. The molecule has 0 aliphatic carbocycles. The zero-order chi connectivity index (χ0) is 16.6. The molecule has 0 atom stereocenters. The number of rotatable bonds is 6. The molecule has 3 aromatic rings. The molecule has 1 nitrogen and oxygen atoms in total. The highest BCUT2D eigenvalue weighted by molar-refractivity contribution is 8.04. The zero-order valence-electron chi connectivity index (χ0n) is 13.1. The average molecular weight is 353 g/mol. The fourth-order valence-corrected chi connectivity index (χ4v) is 3.33. The summed E-state index contributed by atoms with van der Waals surface area (Å²) in [5.74, 6) is 0.841. The molecule has 0 unspecified atom stereocenters. The monoisotopic (exact) mass is 352 g/mol. The Morgan fingerprint density at radius 3 is 2.33 bits per heavy atom. The highest BCUT2D eigenvalue weighted by atomic mass is 35.5. The molecule has 3 heteroatoms. The summed E-state index contributed by atoms with van der Waals surface area (Å²) in [5, 5.41) is 0. The molecular weight excluding hydrogens is 336 g/mol. The van der Waals surface area contributed by atoms with Crippen LogP contribution >= 0.6 is 23.4 Å². The lowest BCUT2D eigenvalue weighted by Gasteiger charge is -2.08. The van der Waals surface area contributed by atoms with Crippen LogP contribution in [0.1, 0.15) is 11.1 Å². The van der Waals surface area contributed by atoms with Crippen LogP contribution in [0.25, 0.3) is 6.08 Å². The third-order valence-corrected chi connectivity index (χ3v) is 4.49. The molecular formula is C21H17ClOS. The van der Waals surface area contributed by atoms with Gasteiger partial charge in [-0.3, -0.25) is 0 Å². The predicted molar refractivity (Wildman–Crippen MR) is 103 cm³/mol. The van der Waals surface area contributed by atoms with Crippen molar-refractivity contribution in [1.82, 2.24) is 0 Å². The number of halogens is 1. The summed E-state index contributed by atoms with van der Waals surface area (Å²) in [6.45, 7) is 0.558. The van der Waals surface area contributed by atoms with Crippen molar-refractivity contribution >= 4 is 29.4 Å². The van der Waals surface area contributed by atoms with Crippen LogP contribution in [0.2, 0.25) is 0 Å². The van der Waals surface area contributed by atoms with Crippen LogP contribution < -0.4 is 4.74 Å². The van der Waals surface area contributed by atoms with Gasteiger partial charge in [-0.05, 0) is 35.4 Å². The van der Waals surface area contributed by atoms with Crippen LogP contribution in [0.4, 0.5) is 0 Å². The lowest BCUT2D eigenvalue weighted by molar-refractivity contribution is 0.305. The second kappa shape index (κ2) is 8.62. The number of hydrogen-bond donors (Lipinski definition) is 0. The molecule has 3 aromatic carbocycles. The summed E-state index contributed by atoms with van der Waals surface area (Å²) < 4.78 is 6.58. The van der Waals surface area contributed by atoms with Crippen molar-refractivity contribution in [2.75, 3.05) is 0 Å². The minimum atomic E-state index is 0.558. The Labute approximate surface area is 151 Å². The second-order valence-electron chi connectivity index (χ2n) is 5.21. The summed E-state index contributed by atoms with van der Waals surface area (Å²) in [7, 11) is 0. The van der Waals surface area contributed by atoms with E-state index in [4.69, 9.17) is 16.3 Å². The SMILES string of the molecule is ClC(=Cc1ccccc1)Sc1cccc(OCc2ccccc2)c1. The van der Waals surface area contributed by atoms with E-state index in [0.29, 0.717) is 6.61 Å². The molecule has 0 radical (unpaired) electrons. The molecule has 3 rings (SSSR count). The highest BCUT2D eigenvalue weighted by Gasteiger charge is 2.02. The molecule has 0 fully saturated rings. The van der Waals surface area contributed by atoms with Crippen molar-refractivity contribution < 1.29 is 4.74 Å². The van der Waals surface area contributed by atoms with E-state index in [0.717, 1.165) is 26.1 Å². The van der Waals surface area contributed by atoms with Gasteiger partial charge in [0.05, 0.1) is 4.36 Å². The van der Waals surface area contributed by atoms with Gasteiger partial charge >= 0.3 is 0 Å². The van der Waals surface area contributed by atoms with Gasteiger partial charge in [-0.2, -0.15) is 0 Å². The van der Waals surface area contributed by atoms with Crippen molar-refractivity contribution in [3.63, 3.8) is 0 Å². The maximum absolute atomic E-state index is 6.36. The number of thioether (sulfide) groups is 1. The molecule has 0 aliphatic heterocycles. The molecule has 0 bridgehead atoms. The van der Waals surface area contributed by atoms with Gasteiger partial charge in [-0.1, -0.05) is 90.1 Å². The molecule has 0 aromatic heterocycles. The smallest absolute Gasteiger partial charge is 0.120 e. The van der Waals surface area contributed by atoms with E-state index in [1.807, 2.05) is 78.9 Å². The summed E-state index contributed by atoms with van der Waals surface area (Å²) in [6, 6.07) is 28.2. The Kier molecular flexibility index (Phi) is 6.00. The molecule has 24 heavy (non-hydrogen) atoms. The fourth-order valence-electron chi connectivity index (χ4n) is 2.19. The van der Waals surface area contributed by atoms with E-state index in [1.54, 1.807) is 0 Å². The van der Waals surface area contributed by atoms with Gasteiger partial charge in [0.1, 0.15) is 12.4 Å². The Balaban J connectivity index is 1.63. The van der Waals surface area contributed by atoms with Crippen LogP contribution in [0.5, 0.6) is 5.75 Å². The van der Waals surface area contributed by atoms with E-state index in [1.165, 1.54) is 11.8 Å². The summed E-state index contributed by atoms with van der Waals surface area (Å²) in [4.78, 5) is 1.05. The molecule has 0 saturated heterocycles. The summed E-state index contributed by atoms with van der Waals surface area (Å²) in [5.41, 5.74) is 2.24. The molecule has 0 heterocycles. The van der Waals surface area contributed by atoms with Gasteiger partial charge in [0.2, 0.25) is 0 Å². The lowest BCUT2D eigenvalue weighted by Crippen LogP contribution is -1.94. The van der Waals surface area contributed by atoms with E-state index >= 15 is 0 Å². The van der Waals surface area contributed by atoms with Gasteiger partial charge in [0, 0.05) is 4.90 Å².